The highest BCUT2D eigenvalue weighted by Crippen LogP contribution is 2.58. The number of nitrogens with zero attached hydrogens (tertiary/aromatic N) is 3. The van der Waals surface area contributed by atoms with Crippen molar-refractivity contribution in [2.45, 2.75) is 94.7 Å². The molecular weight excluding hydrogens is 393 g/mol. The maximum absolute atomic E-state index is 14.9. The van der Waals surface area contributed by atoms with Crippen LogP contribution in [0.15, 0.2) is 12.1 Å². The average Bonchev–Trinajstić information content (AvgIpc) is 3.42. The number of aliphatic hydroxyl groups is 1. The number of aryl methyl sites for hydroxylation is 1. The van der Waals surface area contributed by atoms with Gasteiger partial charge < -0.3 is 10.0 Å². The zero-order chi connectivity index (χ0) is 21.9. The number of piperidine rings is 2. The Labute approximate surface area is 182 Å². The third kappa shape index (κ3) is 2.69. The van der Waals surface area contributed by atoms with Crippen molar-refractivity contribution in [1.82, 2.24) is 14.7 Å². The molecule has 1 aromatic carbocycles. The summed E-state index contributed by atoms with van der Waals surface area (Å²) in [7, 11) is 1.88. The summed E-state index contributed by atoms with van der Waals surface area (Å²) in [5.41, 5.74) is 0.957. The Morgan fingerprint density at radius 3 is 2.42 bits per heavy atom. The molecule has 2 atom stereocenters. The van der Waals surface area contributed by atoms with Crippen LogP contribution in [0.4, 0.5) is 4.39 Å². The molecule has 5 fully saturated rings. The fourth-order valence-electron chi connectivity index (χ4n) is 7.42. The van der Waals surface area contributed by atoms with Crippen LogP contribution in [0, 0.1) is 11.2 Å². The maximum atomic E-state index is 14.9. The van der Waals surface area contributed by atoms with Crippen LogP contribution in [-0.4, -0.2) is 43.4 Å². The highest BCUT2D eigenvalue weighted by molar-refractivity contribution is 5.96. The van der Waals surface area contributed by atoms with E-state index >= 15 is 0 Å². The second-order valence-electron chi connectivity index (χ2n) is 11.8. The Morgan fingerprint density at radius 1 is 1.19 bits per heavy atom. The highest BCUT2D eigenvalue weighted by atomic mass is 19.1. The standard InChI is InChI=1S/C25H32FN3O2/c1-23(2,21-20-18(28(4)27-21)8-7-17(26)19(20)14-5-6-14)22(30)29-15-9-24(3)10-16(29)12-25(31,11-15)13-24/h7-8,14-16,31H,5-6,9-13H2,1-4H3. The fourth-order valence-corrected chi connectivity index (χ4v) is 7.42. The predicted octanol–water partition coefficient (Wildman–Crippen LogP) is 4.16. The number of halogens is 1. The van der Waals surface area contributed by atoms with Crippen LogP contribution < -0.4 is 0 Å². The van der Waals surface area contributed by atoms with Crippen LogP contribution in [0.3, 0.4) is 0 Å². The van der Waals surface area contributed by atoms with Gasteiger partial charge in [0.25, 0.3) is 0 Å². The first-order valence-electron chi connectivity index (χ1n) is 11.7. The molecule has 1 N–H and O–H groups in total. The zero-order valence-corrected chi connectivity index (χ0v) is 18.9. The third-order valence-corrected chi connectivity index (χ3v) is 8.58. The number of hydrogen-bond acceptors (Lipinski definition) is 3. The number of fused-ring (bicyclic) bond motifs is 1. The predicted molar refractivity (Wildman–Crippen MR) is 116 cm³/mol. The van der Waals surface area contributed by atoms with E-state index in [4.69, 9.17) is 5.10 Å². The molecule has 2 saturated heterocycles. The molecule has 1 amide bonds. The lowest BCUT2D eigenvalue weighted by atomic mass is 9.54. The van der Waals surface area contributed by atoms with Gasteiger partial charge in [-0.15, -0.1) is 0 Å². The summed E-state index contributed by atoms with van der Waals surface area (Å²) in [6.07, 6.45) is 6.10. The van der Waals surface area contributed by atoms with Gasteiger partial charge in [0.05, 0.1) is 22.2 Å². The molecule has 0 spiro atoms. The van der Waals surface area contributed by atoms with E-state index in [2.05, 4.69) is 11.8 Å². The van der Waals surface area contributed by atoms with Gasteiger partial charge in [-0.3, -0.25) is 9.48 Å². The Hall–Kier alpha value is -1.95. The fraction of sp³-hybridized carbons (Fsp3) is 0.680. The van der Waals surface area contributed by atoms with E-state index in [0.717, 1.165) is 48.6 Å². The number of benzene rings is 1. The van der Waals surface area contributed by atoms with E-state index < -0.39 is 11.0 Å². The molecule has 2 aromatic rings. The molecule has 166 valence electrons. The molecule has 4 bridgehead atoms. The number of carbonyl (C=O) groups is 1. The maximum Gasteiger partial charge on any atom is 0.234 e. The summed E-state index contributed by atoms with van der Waals surface area (Å²) in [6.45, 7) is 6.15. The van der Waals surface area contributed by atoms with Crippen LogP contribution in [0.25, 0.3) is 10.9 Å². The lowest BCUT2D eigenvalue weighted by Crippen LogP contribution is -2.69. The molecule has 3 aliphatic carbocycles. The van der Waals surface area contributed by atoms with Gasteiger partial charge in [0.15, 0.2) is 0 Å². The minimum atomic E-state index is -0.865. The normalized spacial score (nSPS) is 34.7. The zero-order valence-electron chi connectivity index (χ0n) is 18.9. The van der Waals surface area contributed by atoms with E-state index in [0.29, 0.717) is 18.5 Å². The molecule has 31 heavy (non-hydrogen) atoms. The number of aromatic nitrogens is 2. The molecule has 1 aromatic heterocycles. The summed E-state index contributed by atoms with van der Waals surface area (Å²) in [5, 5.41) is 16.7. The minimum absolute atomic E-state index is 0.0690. The van der Waals surface area contributed by atoms with Crippen molar-refractivity contribution >= 4 is 16.8 Å². The summed E-state index contributed by atoms with van der Waals surface area (Å²) < 4.78 is 16.7. The Morgan fingerprint density at radius 2 is 1.84 bits per heavy atom. The van der Waals surface area contributed by atoms with Crippen LogP contribution >= 0.6 is 0 Å². The number of rotatable bonds is 3. The van der Waals surface area contributed by atoms with Crippen molar-refractivity contribution < 1.29 is 14.3 Å². The average molecular weight is 426 g/mol. The highest BCUT2D eigenvalue weighted by Gasteiger charge is 2.60. The summed E-state index contributed by atoms with van der Waals surface area (Å²) >= 11 is 0. The third-order valence-electron chi connectivity index (χ3n) is 8.58. The number of hydrogen-bond donors (Lipinski definition) is 1. The van der Waals surface area contributed by atoms with Crippen molar-refractivity contribution in [2.75, 3.05) is 0 Å². The van der Waals surface area contributed by atoms with Crippen molar-refractivity contribution in [3.05, 3.63) is 29.2 Å². The van der Waals surface area contributed by atoms with Crippen molar-refractivity contribution in [2.24, 2.45) is 12.5 Å². The first-order chi connectivity index (χ1) is 14.5. The van der Waals surface area contributed by atoms with E-state index in [1.54, 1.807) is 16.8 Å². The second kappa shape index (κ2) is 5.89. The Balaban J connectivity index is 1.44. The van der Waals surface area contributed by atoms with E-state index in [1.807, 2.05) is 20.9 Å². The van der Waals surface area contributed by atoms with Crippen molar-refractivity contribution in [3.8, 4) is 0 Å². The van der Waals surface area contributed by atoms with Gasteiger partial charge in [0.2, 0.25) is 5.91 Å². The van der Waals surface area contributed by atoms with Crippen LogP contribution in [0.5, 0.6) is 0 Å². The molecule has 2 aliphatic heterocycles. The molecule has 5 aliphatic rings. The molecule has 6 heteroatoms. The summed E-state index contributed by atoms with van der Waals surface area (Å²) in [6, 6.07) is 3.49. The molecular formula is C25H32FN3O2. The van der Waals surface area contributed by atoms with E-state index in [9.17, 15) is 14.3 Å². The van der Waals surface area contributed by atoms with Crippen molar-refractivity contribution in [1.29, 1.82) is 0 Å². The molecule has 3 heterocycles. The number of amides is 1. The quantitative estimate of drug-likeness (QED) is 0.803. The Bertz CT molecular complexity index is 1080. The molecule has 0 radical (unpaired) electrons. The SMILES string of the molecule is Cn1nc(C(C)(C)C(=O)N2C3CC4(C)CC2CC(O)(C3)C4)c2c(C3CC3)c(F)ccc21. The first-order valence-corrected chi connectivity index (χ1v) is 11.7. The van der Waals surface area contributed by atoms with Crippen LogP contribution in [0.2, 0.25) is 0 Å². The molecule has 3 saturated carbocycles. The van der Waals surface area contributed by atoms with E-state index in [1.165, 1.54) is 0 Å². The van der Waals surface area contributed by atoms with Gasteiger partial charge in [-0.2, -0.15) is 5.10 Å². The smallest absolute Gasteiger partial charge is 0.234 e. The second-order valence-corrected chi connectivity index (χ2v) is 11.8. The molecule has 5 nitrogen and oxygen atoms in total. The summed E-state index contributed by atoms with van der Waals surface area (Å²) in [4.78, 5) is 16.2. The lowest BCUT2D eigenvalue weighted by Gasteiger charge is -2.64. The van der Waals surface area contributed by atoms with Gasteiger partial charge in [-0.25, -0.2) is 4.39 Å². The van der Waals surface area contributed by atoms with Crippen LogP contribution in [-0.2, 0) is 17.3 Å². The lowest BCUT2D eigenvalue weighted by molar-refractivity contribution is -0.196. The van der Waals surface area contributed by atoms with Gasteiger partial charge in [-0.1, -0.05) is 6.92 Å². The summed E-state index contributed by atoms with van der Waals surface area (Å²) in [5.74, 6) is 0.116. The molecule has 2 unspecified atom stereocenters. The Kier molecular flexibility index (Phi) is 3.74. The van der Waals surface area contributed by atoms with Gasteiger partial charge >= 0.3 is 0 Å². The minimum Gasteiger partial charge on any atom is -0.390 e. The van der Waals surface area contributed by atoms with Crippen LogP contribution in [0.1, 0.15) is 82.9 Å². The van der Waals surface area contributed by atoms with E-state index in [-0.39, 0.29) is 35.1 Å². The van der Waals surface area contributed by atoms with Crippen molar-refractivity contribution in [3.63, 3.8) is 0 Å². The largest absolute Gasteiger partial charge is 0.390 e. The molecule has 7 rings (SSSR count). The van der Waals surface area contributed by atoms with Gasteiger partial charge in [0.1, 0.15) is 5.82 Å². The first kappa shape index (κ1) is 19.7. The monoisotopic (exact) mass is 425 g/mol. The topological polar surface area (TPSA) is 58.4 Å². The van der Waals surface area contributed by atoms with Gasteiger partial charge in [-0.05, 0) is 82.3 Å². The number of carbonyl (C=O) groups excluding carboxylic acids is 1. The van der Waals surface area contributed by atoms with Gasteiger partial charge in [0, 0.05) is 30.1 Å².